The summed E-state index contributed by atoms with van der Waals surface area (Å²) in [4.78, 5) is 2.40. The first kappa shape index (κ1) is 12.9. The van der Waals surface area contributed by atoms with Crippen molar-refractivity contribution in [3.8, 4) is 0 Å². The van der Waals surface area contributed by atoms with Gasteiger partial charge in [0.05, 0.1) is 0 Å². The van der Waals surface area contributed by atoms with E-state index in [1.807, 2.05) is 0 Å². The summed E-state index contributed by atoms with van der Waals surface area (Å²) in [6.45, 7) is 4.06. The van der Waals surface area contributed by atoms with Crippen LogP contribution < -0.4 is 5.73 Å². The van der Waals surface area contributed by atoms with Crippen LogP contribution in [0, 0.1) is 5.41 Å². The molecule has 0 aliphatic heterocycles. The molecule has 1 saturated carbocycles. The van der Waals surface area contributed by atoms with E-state index in [1.165, 1.54) is 32.2 Å². The molecule has 0 unspecified atom stereocenters. The van der Waals surface area contributed by atoms with Gasteiger partial charge in [-0.05, 0) is 51.2 Å². The highest BCUT2D eigenvalue weighted by molar-refractivity contribution is 4.88. The van der Waals surface area contributed by atoms with Crippen LogP contribution in [0.3, 0.4) is 0 Å². The topological polar surface area (TPSA) is 38.5 Å². The molecule has 0 saturated heterocycles. The van der Waals surface area contributed by atoms with Crippen LogP contribution >= 0.6 is 0 Å². The highest BCUT2D eigenvalue weighted by Crippen LogP contribution is 2.42. The van der Waals surface area contributed by atoms with Gasteiger partial charge in [0.2, 0.25) is 0 Å². The summed E-state index contributed by atoms with van der Waals surface area (Å²) in [6.07, 6.45) is 6.46. The van der Waals surface area contributed by atoms with E-state index < -0.39 is 0 Å². The Morgan fingerprint density at radius 3 is 2.53 bits per heavy atom. The van der Waals surface area contributed by atoms with Crippen LogP contribution in [0.1, 0.15) is 32.1 Å². The molecule has 0 bridgehead atoms. The Labute approximate surface area is 94.0 Å². The fraction of sp³-hybridized carbons (Fsp3) is 1.00. The molecule has 90 valence electrons. The lowest BCUT2D eigenvalue weighted by atomic mass is 9.66. The summed E-state index contributed by atoms with van der Waals surface area (Å²) < 4.78 is 5.04. The van der Waals surface area contributed by atoms with Gasteiger partial charge in [0, 0.05) is 20.3 Å². The number of hydrogen-bond donors (Lipinski definition) is 1. The van der Waals surface area contributed by atoms with Gasteiger partial charge >= 0.3 is 0 Å². The molecule has 0 aromatic heterocycles. The van der Waals surface area contributed by atoms with Gasteiger partial charge in [-0.1, -0.05) is 6.42 Å². The maximum atomic E-state index is 5.84. The molecule has 15 heavy (non-hydrogen) atoms. The van der Waals surface area contributed by atoms with Crippen molar-refractivity contribution < 1.29 is 4.74 Å². The third kappa shape index (κ3) is 4.09. The standard InChI is InChI=1S/C12H26N2O/c1-14(8-4-10-15-2)9-7-12(11-13)5-3-6-12/h3-11,13H2,1-2H3. The average molecular weight is 214 g/mol. The van der Waals surface area contributed by atoms with Crippen molar-refractivity contribution in [2.75, 3.05) is 40.4 Å². The predicted octanol–water partition coefficient (Wildman–Crippen LogP) is 1.47. The quantitative estimate of drug-likeness (QED) is 0.622. The second-order valence-corrected chi connectivity index (χ2v) is 4.96. The summed E-state index contributed by atoms with van der Waals surface area (Å²) in [6, 6.07) is 0. The monoisotopic (exact) mass is 214 g/mol. The molecule has 0 radical (unpaired) electrons. The molecule has 2 N–H and O–H groups in total. The molecule has 0 aromatic rings. The molecular formula is C12H26N2O. The van der Waals surface area contributed by atoms with Gasteiger partial charge in [-0.3, -0.25) is 0 Å². The van der Waals surface area contributed by atoms with Crippen molar-refractivity contribution in [3.05, 3.63) is 0 Å². The van der Waals surface area contributed by atoms with Crippen molar-refractivity contribution >= 4 is 0 Å². The number of nitrogens with zero attached hydrogens (tertiary/aromatic N) is 1. The van der Waals surface area contributed by atoms with E-state index in [0.717, 1.165) is 26.1 Å². The molecule has 1 fully saturated rings. The van der Waals surface area contributed by atoms with Crippen LogP contribution in [0.25, 0.3) is 0 Å². The molecule has 1 aliphatic carbocycles. The maximum Gasteiger partial charge on any atom is 0.0474 e. The first-order valence-corrected chi connectivity index (χ1v) is 6.10. The lowest BCUT2D eigenvalue weighted by molar-refractivity contribution is 0.108. The number of ether oxygens (including phenoxy) is 1. The van der Waals surface area contributed by atoms with E-state index in [4.69, 9.17) is 10.5 Å². The summed E-state index contributed by atoms with van der Waals surface area (Å²) in [5.41, 5.74) is 6.33. The fourth-order valence-electron chi connectivity index (χ4n) is 2.25. The third-order valence-electron chi connectivity index (χ3n) is 3.76. The molecular weight excluding hydrogens is 188 g/mol. The Morgan fingerprint density at radius 2 is 2.07 bits per heavy atom. The van der Waals surface area contributed by atoms with Gasteiger partial charge in [-0.2, -0.15) is 0 Å². The second kappa shape index (κ2) is 6.46. The van der Waals surface area contributed by atoms with Gasteiger partial charge in [-0.25, -0.2) is 0 Å². The normalized spacial score (nSPS) is 19.2. The van der Waals surface area contributed by atoms with E-state index in [0.29, 0.717) is 5.41 Å². The Kier molecular flexibility index (Phi) is 5.58. The third-order valence-corrected chi connectivity index (χ3v) is 3.76. The Balaban J connectivity index is 2.07. The van der Waals surface area contributed by atoms with Gasteiger partial charge < -0.3 is 15.4 Å². The summed E-state index contributed by atoms with van der Waals surface area (Å²) in [7, 11) is 3.95. The molecule has 1 rings (SSSR count). The fourth-order valence-corrected chi connectivity index (χ4v) is 2.25. The average Bonchev–Trinajstić information content (AvgIpc) is 2.17. The lowest BCUT2D eigenvalue weighted by Gasteiger charge is -2.42. The number of methoxy groups -OCH3 is 1. The van der Waals surface area contributed by atoms with Crippen molar-refractivity contribution in [2.24, 2.45) is 11.1 Å². The first-order valence-electron chi connectivity index (χ1n) is 6.10. The Bertz CT molecular complexity index is 163. The van der Waals surface area contributed by atoms with Crippen molar-refractivity contribution in [3.63, 3.8) is 0 Å². The molecule has 1 aliphatic rings. The van der Waals surface area contributed by atoms with E-state index in [1.54, 1.807) is 7.11 Å². The summed E-state index contributed by atoms with van der Waals surface area (Å²) in [5.74, 6) is 0. The minimum absolute atomic E-state index is 0.496. The first-order chi connectivity index (χ1) is 7.22. The molecule has 0 spiro atoms. The lowest BCUT2D eigenvalue weighted by Crippen LogP contribution is -2.40. The van der Waals surface area contributed by atoms with Gasteiger partial charge in [0.25, 0.3) is 0 Å². The van der Waals surface area contributed by atoms with Crippen molar-refractivity contribution in [1.82, 2.24) is 4.90 Å². The molecule has 3 nitrogen and oxygen atoms in total. The van der Waals surface area contributed by atoms with Crippen LogP contribution in [0.15, 0.2) is 0 Å². The highest BCUT2D eigenvalue weighted by Gasteiger charge is 2.34. The van der Waals surface area contributed by atoms with E-state index in [2.05, 4.69) is 11.9 Å². The van der Waals surface area contributed by atoms with E-state index in [9.17, 15) is 0 Å². The number of hydrogen-bond acceptors (Lipinski definition) is 3. The van der Waals surface area contributed by atoms with E-state index in [-0.39, 0.29) is 0 Å². The number of nitrogens with two attached hydrogens (primary N) is 1. The zero-order valence-electron chi connectivity index (χ0n) is 10.3. The van der Waals surface area contributed by atoms with Crippen LogP contribution in [-0.4, -0.2) is 45.3 Å². The minimum Gasteiger partial charge on any atom is -0.385 e. The molecule has 3 heteroatoms. The van der Waals surface area contributed by atoms with Crippen LogP contribution in [0.5, 0.6) is 0 Å². The largest absolute Gasteiger partial charge is 0.385 e. The van der Waals surface area contributed by atoms with E-state index >= 15 is 0 Å². The van der Waals surface area contributed by atoms with Gasteiger partial charge in [0.15, 0.2) is 0 Å². The highest BCUT2D eigenvalue weighted by atomic mass is 16.5. The van der Waals surface area contributed by atoms with Gasteiger partial charge in [0.1, 0.15) is 0 Å². The zero-order valence-corrected chi connectivity index (χ0v) is 10.3. The zero-order chi connectivity index (χ0) is 11.1. The Hall–Kier alpha value is -0.120. The predicted molar refractivity (Wildman–Crippen MR) is 63.9 cm³/mol. The molecule has 0 atom stereocenters. The summed E-state index contributed by atoms with van der Waals surface area (Å²) in [5, 5.41) is 0. The molecule has 0 amide bonds. The van der Waals surface area contributed by atoms with Gasteiger partial charge in [-0.15, -0.1) is 0 Å². The Morgan fingerprint density at radius 1 is 1.33 bits per heavy atom. The minimum atomic E-state index is 0.496. The van der Waals surface area contributed by atoms with Crippen LogP contribution in [0.2, 0.25) is 0 Å². The number of rotatable bonds is 8. The maximum absolute atomic E-state index is 5.84. The second-order valence-electron chi connectivity index (χ2n) is 4.96. The van der Waals surface area contributed by atoms with Crippen molar-refractivity contribution in [2.45, 2.75) is 32.1 Å². The molecule has 0 heterocycles. The van der Waals surface area contributed by atoms with Crippen LogP contribution in [-0.2, 0) is 4.74 Å². The molecule has 0 aromatic carbocycles. The van der Waals surface area contributed by atoms with Crippen molar-refractivity contribution in [1.29, 1.82) is 0 Å². The smallest absolute Gasteiger partial charge is 0.0474 e. The van der Waals surface area contributed by atoms with Crippen LogP contribution in [0.4, 0.5) is 0 Å². The summed E-state index contributed by atoms with van der Waals surface area (Å²) >= 11 is 0. The SMILES string of the molecule is COCCCN(C)CCC1(CN)CCC1.